The molecule has 166 valence electrons. The number of aryl methyl sites for hydroxylation is 3. The minimum Gasteiger partial charge on any atom is -0.369 e. The molecule has 1 aliphatic rings. The van der Waals surface area contributed by atoms with Crippen LogP contribution in [0.1, 0.15) is 35.9 Å². The van der Waals surface area contributed by atoms with E-state index in [0.717, 1.165) is 23.3 Å². The van der Waals surface area contributed by atoms with Crippen LogP contribution in [0.4, 0.5) is 5.95 Å². The van der Waals surface area contributed by atoms with Gasteiger partial charge < -0.3 is 19.2 Å². The van der Waals surface area contributed by atoms with E-state index >= 15 is 0 Å². The van der Waals surface area contributed by atoms with E-state index in [-0.39, 0.29) is 5.91 Å². The van der Waals surface area contributed by atoms with Crippen molar-refractivity contribution in [1.82, 2.24) is 19.9 Å². The van der Waals surface area contributed by atoms with E-state index in [0.29, 0.717) is 44.6 Å². The number of allylic oxidation sites excluding steroid dienone is 3. The Morgan fingerprint density at radius 2 is 1.90 bits per heavy atom. The van der Waals surface area contributed by atoms with Crippen LogP contribution in [0.25, 0.3) is 5.57 Å². The Morgan fingerprint density at radius 1 is 1.19 bits per heavy atom. The summed E-state index contributed by atoms with van der Waals surface area (Å²) in [6.45, 7) is 15.4. The summed E-state index contributed by atoms with van der Waals surface area (Å²) in [6.07, 6.45) is 2.92. The van der Waals surface area contributed by atoms with Crippen LogP contribution in [0.15, 0.2) is 41.1 Å². The molecule has 0 radical (unpaired) electrons. The number of likely N-dealkylation sites (N-methyl/N-ethyl adjacent to an activating group) is 1. The first-order chi connectivity index (χ1) is 14.8. The van der Waals surface area contributed by atoms with Crippen molar-refractivity contribution in [3.8, 4) is 0 Å². The van der Waals surface area contributed by atoms with E-state index in [2.05, 4.69) is 66.7 Å². The van der Waals surface area contributed by atoms with E-state index in [1.54, 1.807) is 6.92 Å². The Kier molecular flexibility index (Phi) is 7.15. The normalized spacial score (nSPS) is 14.7. The minimum absolute atomic E-state index is 0.127. The molecule has 31 heavy (non-hydrogen) atoms. The molecule has 1 aromatic carbocycles. The van der Waals surface area contributed by atoms with Crippen molar-refractivity contribution in [3.63, 3.8) is 0 Å². The summed E-state index contributed by atoms with van der Waals surface area (Å²) in [7, 11) is 1.97. The molecule has 0 spiro atoms. The van der Waals surface area contributed by atoms with Crippen molar-refractivity contribution in [2.45, 2.75) is 34.1 Å². The van der Waals surface area contributed by atoms with Gasteiger partial charge in [0.2, 0.25) is 11.8 Å². The SMILES string of the molecule is C=C(/C=C(/CC)N(C)CC(=O)N1CCN(c2noc(C)n2)CC1)c1ccc(C)c(C)c1. The zero-order chi connectivity index (χ0) is 22.5. The molecule has 3 rings (SSSR count). The number of amides is 1. The first-order valence-corrected chi connectivity index (χ1v) is 10.8. The second-order valence-corrected chi connectivity index (χ2v) is 8.15. The summed E-state index contributed by atoms with van der Waals surface area (Å²) in [5.74, 6) is 1.28. The van der Waals surface area contributed by atoms with Gasteiger partial charge >= 0.3 is 0 Å². The fraction of sp³-hybridized carbons (Fsp3) is 0.458. The van der Waals surface area contributed by atoms with Gasteiger partial charge in [-0.1, -0.05) is 31.7 Å². The third kappa shape index (κ3) is 5.54. The zero-order valence-corrected chi connectivity index (χ0v) is 19.3. The number of carbonyl (C=O) groups is 1. The summed E-state index contributed by atoms with van der Waals surface area (Å²) in [6, 6.07) is 6.39. The maximum Gasteiger partial charge on any atom is 0.266 e. The van der Waals surface area contributed by atoms with Gasteiger partial charge in [0.15, 0.2) is 0 Å². The smallest absolute Gasteiger partial charge is 0.266 e. The average Bonchev–Trinajstić information content (AvgIpc) is 3.20. The molecular formula is C24H33N5O2. The van der Waals surface area contributed by atoms with Crippen LogP contribution in [-0.2, 0) is 4.79 Å². The predicted octanol–water partition coefficient (Wildman–Crippen LogP) is 3.58. The topological polar surface area (TPSA) is 65.7 Å². The number of nitrogens with zero attached hydrogens (tertiary/aromatic N) is 5. The molecule has 1 fully saturated rings. The van der Waals surface area contributed by atoms with Crippen molar-refractivity contribution in [1.29, 1.82) is 0 Å². The van der Waals surface area contributed by atoms with Crippen molar-refractivity contribution < 1.29 is 9.32 Å². The average molecular weight is 424 g/mol. The summed E-state index contributed by atoms with van der Waals surface area (Å²) in [4.78, 5) is 23.1. The van der Waals surface area contributed by atoms with E-state index in [1.165, 1.54) is 11.1 Å². The highest BCUT2D eigenvalue weighted by Gasteiger charge is 2.24. The number of rotatable bonds is 7. The molecule has 2 heterocycles. The van der Waals surface area contributed by atoms with E-state index in [4.69, 9.17) is 4.52 Å². The molecule has 1 aromatic heterocycles. The van der Waals surface area contributed by atoms with Crippen molar-refractivity contribution in [3.05, 3.63) is 59.1 Å². The maximum absolute atomic E-state index is 12.9. The lowest BCUT2D eigenvalue weighted by atomic mass is 10.0. The summed E-state index contributed by atoms with van der Waals surface area (Å²) in [5, 5.41) is 3.97. The first kappa shape index (κ1) is 22.6. The number of benzene rings is 1. The van der Waals surface area contributed by atoms with Crippen LogP contribution >= 0.6 is 0 Å². The maximum atomic E-state index is 12.9. The third-order valence-electron chi connectivity index (χ3n) is 5.88. The number of anilines is 1. The molecule has 0 unspecified atom stereocenters. The van der Waals surface area contributed by atoms with Gasteiger partial charge in [0, 0.05) is 45.8 Å². The number of hydrogen-bond acceptors (Lipinski definition) is 6. The fourth-order valence-corrected chi connectivity index (χ4v) is 3.69. The lowest BCUT2D eigenvalue weighted by molar-refractivity contribution is -0.132. The lowest BCUT2D eigenvalue weighted by Crippen LogP contribution is -2.51. The van der Waals surface area contributed by atoms with Gasteiger partial charge in [0.05, 0.1) is 6.54 Å². The summed E-state index contributed by atoms with van der Waals surface area (Å²) in [5.41, 5.74) is 5.69. The molecule has 0 saturated carbocycles. The Labute approximate surface area is 185 Å². The fourth-order valence-electron chi connectivity index (χ4n) is 3.69. The molecule has 0 atom stereocenters. The highest BCUT2D eigenvalue weighted by atomic mass is 16.5. The number of hydrogen-bond donors (Lipinski definition) is 0. The highest BCUT2D eigenvalue weighted by Crippen LogP contribution is 2.21. The second-order valence-electron chi connectivity index (χ2n) is 8.15. The second kappa shape index (κ2) is 9.81. The molecule has 1 saturated heterocycles. The van der Waals surface area contributed by atoms with Crippen molar-refractivity contribution in [2.24, 2.45) is 0 Å². The standard InChI is InChI=1S/C24H33N5O2/c1-7-22(15-19(4)21-9-8-17(2)18(3)14-21)27(6)16-23(30)28-10-12-29(13-11-28)24-25-20(5)31-26-24/h8-9,14-15H,4,7,10-13,16H2,1-3,5-6H3/b22-15-. The molecule has 0 bridgehead atoms. The van der Waals surface area contributed by atoms with Gasteiger partial charge in [0.25, 0.3) is 5.95 Å². The van der Waals surface area contributed by atoms with Crippen LogP contribution in [0, 0.1) is 20.8 Å². The van der Waals surface area contributed by atoms with Crippen LogP contribution in [-0.4, -0.2) is 65.6 Å². The molecule has 1 amide bonds. The highest BCUT2D eigenvalue weighted by molar-refractivity contribution is 5.79. The Bertz CT molecular complexity index is 970. The number of carbonyl (C=O) groups excluding carboxylic acids is 1. The molecule has 2 aromatic rings. The van der Waals surface area contributed by atoms with Gasteiger partial charge in [-0.05, 0) is 53.8 Å². The largest absolute Gasteiger partial charge is 0.369 e. The lowest BCUT2D eigenvalue weighted by Gasteiger charge is -2.35. The molecular weight excluding hydrogens is 390 g/mol. The molecule has 7 heteroatoms. The molecule has 1 aliphatic heterocycles. The first-order valence-electron chi connectivity index (χ1n) is 10.8. The quantitative estimate of drug-likeness (QED) is 0.634. The Balaban J connectivity index is 1.58. The third-order valence-corrected chi connectivity index (χ3v) is 5.88. The van der Waals surface area contributed by atoms with Crippen LogP contribution in [0.5, 0.6) is 0 Å². The van der Waals surface area contributed by atoms with E-state index in [1.807, 2.05) is 16.8 Å². The van der Waals surface area contributed by atoms with Crippen LogP contribution < -0.4 is 4.90 Å². The minimum atomic E-state index is 0.127. The molecule has 0 aliphatic carbocycles. The van der Waals surface area contributed by atoms with Gasteiger partial charge in [-0.25, -0.2) is 0 Å². The van der Waals surface area contributed by atoms with E-state index in [9.17, 15) is 4.79 Å². The number of aromatic nitrogens is 2. The van der Waals surface area contributed by atoms with E-state index < -0.39 is 0 Å². The van der Waals surface area contributed by atoms with Gasteiger partial charge in [-0.3, -0.25) is 4.79 Å². The van der Waals surface area contributed by atoms with Crippen LogP contribution in [0.2, 0.25) is 0 Å². The summed E-state index contributed by atoms with van der Waals surface area (Å²) < 4.78 is 5.06. The Morgan fingerprint density at radius 3 is 2.48 bits per heavy atom. The molecule has 0 N–H and O–H groups in total. The van der Waals surface area contributed by atoms with Gasteiger partial charge in [-0.15, -0.1) is 0 Å². The van der Waals surface area contributed by atoms with Gasteiger partial charge in [0.1, 0.15) is 0 Å². The van der Waals surface area contributed by atoms with Gasteiger partial charge in [-0.2, -0.15) is 4.98 Å². The summed E-state index contributed by atoms with van der Waals surface area (Å²) >= 11 is 0. The Hall–Kier alpha value is -3.09. The molecule has 7 nitrogen and oxygen atoms in total. The van der Waals surface area contributed by atoms with Crippen molar-refractivity contribution >= 4 is 17.4 Å². The number of piperazine rings is 1. The zero-order valence-electron chi connectivity index (χ0n) is 19.3. The predicted molar refractivity (Wildman–Crippen MR) is 124 cm³/mol. The van der Waals surface area contributed by atoms with Crippen molar-refractivity contribution in [2.75, 3.05) is 44.7 Å². The van der Waals surface area contributed by atoms with Crippen LogP contribution in [0.3, 0.4) is 0 Å². The monoisotopic (exact) mass is 423 g/mol.